The van der Waals surface area contributed by atoms with Gasteiger partial charge in [0.1, 0.15) is 16.8 Å². The predicted octanol–water partition coefficient (Wildman–Crippen LogP) is 3.84. The Labute approximate surface area is 164 Å². The lowest BCUT2D eigenvalue weighted by atomic mass is 10.1. The highest BCUT2D eigenvalue weighted by Gasteiger charge is 2.28. The number of fused-ring (bicyclic) bond motifs is 1. The summed E-state index contributed by atoms with van der Waals surface area (Å²) in [4.78, 5) is 40.7. The number of amides is 1. The van der Waals surface area contributed by atoms with E-state index in [-0.39, 0.29) is 40.9 Å². The smallest absolute Gasteiger partial charge is 0.344 e. The Balaban J connectivity index is 1.75. The predicted molar refractivity (Wildman–Crippen MR) is 103 cm³/mol. The standard InChI is InChI=1S/C19H18N2O6S/c1-4-25-18(24)16-15(10(2)22)11(3)26-17(16)21-14(23)9-28-19-20-12-7-5-6-8-13(12)27-19/h5-8H,4,9H2,1-3H3,(H,21,23). The van der Waals surface area contributed by atoms with Crippen LogP contribution in [0.15, 0.2) is 38.3 Å². The summed E-state index contributed by atoms with van der Waals surface area (Å²) in [5, 5.41) is 2.87. The van der Waals surface area contributed by atoms with Gasteiger partial charge in [-0.05, 0) is 32.9 Å². The normalized spacial score (nSPS) is 10.8. The molecule has 0 aliphatic rings. The van der Waals surface area contributed by atoms with Crippen LogP contribution < -0.4 is 5.32 Å². The van der Waals surface area contributed by atoms with Crippen LogP contribution >= 0.6 is 11.8 Å². The van der Waals surface area contributed by atoms with Gasteiger partial charge in [-0.1, -0.05) is 23.9 Å². The van der Waals surface area contributed by atoms with E-state index in [2.05, 4.69) is 10.3 Å². The van der Waals surface area contributed by atoms with Crippen LogP contribution in [0.3, 0.4) is 0 Å². The van der Waals surface area contributed by atoms with Gasteiger partial charge in [0.2, 0.25) is 11.8 Å². The third-order valence-electron chi connectivity index (χ3n) is 3.77. The molecule has 0 aliphatic heterocycles. The Morgan fingerprint density at radius 3 is 2.61 bits per heavy atom. The average molecular weight is 402 g/mol. The fraction of sp³-hybridized carbons (Fsp3) is 0.263. The third-order valence-corrected chi connectivity index (χ3v) is 4.60. The van der Waals surface area contributed by atoms with Gasteiger partial charge in [-0.3, -0.25) is 14.9 Å². The monoisotopic (exact) mass is 402 g/mol. The number of hydrogen-bond donors (Lipinski definition) is 1. The quantitative estimate of drug-likeness (QED) is 0.360. The molecule has 0 unspecified atom stereocenters. The average Bonchev–Trinajstić information content (AvgIpc) is 3.20. The second-order valence-corrected chi connectivity index (χ2v) is 6.72. The number of anilines is 1. The second kappa shape index (κ2) is 8.30. The lowest BCUT2D eigenvalue weighted by Crippen LogP contribution is -2.17. The number of carbonyl (C=O) groups is 3. The Kier molecular flexibility index (Phi) is 5.84. The lowest BCUT2D eigenvalue weighted by molar-refractivity contribution is -0.113. The number of benzene rings is 1. The number of nitrogens with zero attached hydrogens (tertiary/aromatic N) is 1. The Bertz CT molecular complexity index is 1020. The van der Waals surface area contributed by atoms with Crippen LogP contribution in [0.2, 0.25) is 0 Å². The van der Waals surface area contributed by atoms with Crippen LogP contribution in [0.4, 0.5) is 5.88 Å². The van der Waals surface area contributed by atoms with Crippen molar-refractivity contribution in [3.63, 3.8) is 0 Å². The fourth-order valence-corrected chi connectivity index (χ4v) is 3.30. The maximum Gasteiger partial charge on any atom is 0.344 e. The van der Waals surface area contributed by atoms with Crippen LogP contribution in [-0.4, -0.2) is 35.0 Å². The van der Waals surface area contributed by atoms with Crippen LogP contribution in [0, 0.1) is 6.92 Å². The molecule has 3 aromatic rings. The summed E-state index contributed by atoms with van der Waals surface area (Å²) < 4.78 is 16.0. The van der Waals surface area contributed by atoms with Crippen LogP contribution in [0.5, 0.6) is 0 Å². The molecule has 1 N–H and O–H groups in total. The maximum absolute atomic E-state index is 12.3. The summed E-state index contributed by atoms with van der Waals surface area (Å²) in [6.45, 7) is 4.63. The van der Waals surface area contributed by atoms with E-state index in [1.165, 1.54) is 6.92 Å². The number of Topliss-reactive ketones (excluding diaryl/α,β-unsaturated/α-hetero) is 1. The molecule has 0 fully saturated rings. The molecule has 28 heavy (non-hydrogen) atoms. The van der Waals surface area contributed by atoms with Crippen molar-refractivity contribution in [2.45, 2.75) is 26.0 Å². The Hall–Kier alpha value is -3.07. The molecule has 8 nitrogen and oxygen atoms in total. The van der Waals surface area contributed by atoms with E-state index in [4.69, 9.17) is 13.6 Å². The molecule has 0 saturated carbocycles. The molecular formula is C19H18N2O6S. The highest BCUT2D eigenvalue weighted by molar-refractivity contribution is 7.99. The number of ketones is 1. The lowest BCUT2D eigenvalue weighted by Gasteiger charge is -2.05. The zero-order valence-electron chi connectivity index (χ0n) is 15.5. The number of furan rings is 1. The molecule has 1 aromatic carbocycles. The third kappa shape index (κ3) is 4.09. The summed E-state index contributed by atoms with van der Waals surface area (Å²) in [6, 6.07) is 7.27. The summed E-state index contributed by atoms with van der Waals surface area (Å²) in [6.07, 6.45) is 0. The van der Waals surface area contributed by atoms with E-state index in [1.54, 1.807) is 19.9 Å². The van der Waals surface area contributed by atoms with Gasteiger partial charge in [-0.25, -0.2) is 9.78 Å². The molecule has 1 amide bonds. The van der Waals surface area contributed by atoms with E-state index in [0.717, 1.165) is 11.8 Å². The van der Waals surface area contributed by atoms with Crippen LogP contribution in [0.25, 0.3) is 11.1 Å². The minimum atomic E-state index is -0.730. The number of aryl methyl sites for hydroxylation is 1. The first-order valence-corrected chi connectivity index (χ1v) is 9.49. The molecule has 0 aliphatic carbocycles. The number of nitrogens with one attached hydrogen (secondary N) is 1. The number of ether oxygens (including phenoxy) is 1. The Morgan fingerprint density at radius 2 is 1.93 bits per heavy atom. The van der Waals surface area contributed by atoms with Crippen LogP contribution in [-0.2, 0) is 9.53 Å². The first kappa shape index (κ1) is 19.7. The van der Waals surface area contributed by atoms with Crippen molar-refractivity contribution >= 4 is 46.4 Å². The summed E-state index contributed by atoms with van der Waals surface area (Å²) in [5.74, 6) is -1.43. The summed E-state index contributed by atoms with van der Waals surface area (Å²) >= 11 is 1.10. The summed E-state index contributed by atoms with van der Waals surface area (Å²) in [7, 11) is 0. The number of hydrogen-bond acceptors (Lipinski definition) is 8. The van der Waals surface area contributed by atoms with Gasteiger partial charge in [-0.2, -0.15) is 0 Å². The maximum atomic E-state index is 12.3. The van der Waals surface area contributed by atoms with Gasteiger partial charge < -0.3 is 13.6 Å². The van der Waals surface area contributed by atoms with Gasteiger partial charge in [0.05, 0.1) is 17.9 Å². The zero-order chi connectivity index (χ0) is 20.3. The molecule has 0 saturated heterocycles. The molecule has 0 spiro atoms. The van der Waals surface area contributed by atoms with Crippen LogP contribution in [0.1, 0.15) is 40.3 Å². The number of aromatic nitrogens is 1. The first-order valence-electron chi connectivity index (χ1n) is 8.50. The molecule has 0 atom stereocenters. The van der Waals surface area contributed by atoms with Gasteiger partial charge >= 0.3 is 5.97 Å². The molecule has 2 heterocycles. The largest absolute Gasteiger partial charge is 0.462 e. The molecular weight excluding hydrogens is 384 g/mol. The minimum absolute atomic E-state index is 0.0236. The van der Waals surface area contributed by atoms with E-state index in [9.17, 15) is 14.4 Å². The van der Waals surface area contributed by atoms with E-state index in [1.807, 2.05) is 18.2 Å². The van der Waals surface area contributed by atoms with Crippen molar-refractivity contribution in [2.75, 3.05) is 17.7 Å². The van der Waals surface area contributed by atoms with Gasteiger partial charge in [0.15, 0.2) is 11.4 Å². The Morgan fingerprint density at radius 1 is 1.18 bits per heavy atom. The molecule has 0 radical (unpaired) electrons. The number of thioether (sulfide) groups is 1. The number of esters is 1. The van der Waals surface area contributed by atoms with Gasteiger partial charge in [-0.15, -0.1) is 0 Å². The molecule has 0 bridgehead atoms. The minimum Gasteiger partial charge on any atom is -0.462 e. The van der Waals surface area contributed by atoms with Crippen molar-refractivity contribution in [3.8, 4) is 0 Å². The first-order chi connectivity index (χ1) is 13.4. The zero-order valence-corrected chi connectivity index (χ0v) is 16.3. The second-order valence-electron chi connectivity index (χ2n) is 5.80. The van der Waals surface area contributed by atoms with Crippen molar-refractivity contribution in [3.05, 3.63) is 41.2 Å². The number of oxazole rings is 1. The molecule has 2 aromatic heterocycles. The van der Waals surface area contributed by atoms with Crippen molar-refractivity contribution in [1.29, 1.82) is 0 Å². The van der Waals surface area contributed by atoms with Crippen molar-refractivity contribution in [2.24, 2.45) is 0 Å². The van der Waals surface area contributed by atoms with E-state index >= 15 is 0 Å². The number of para-hydroxylation sites is 2. The summed E-state index contributed by atoms with van der Waals surface area (Å²) in [5.41, 5.74) is 1.35. The van der Waals surface area contributed by atoms with Gasteiger partial charge in [0, 0.05) is 0 Å². The van der Waals surface area contributed by atoms with Gasteiger partial charge in [0.25, 0.3) is 5.22 Å². The number of rotatable bonds is 7. The van der Waals surface area contributed by atoms with Crippen molar-refractivity contribution < 1.29 is 28.0 Å². The fourth-order valence-electron chi connectivity index (χ4n) is 2.66. The van der Waals surface area contributed by atoms with E-state index in [0.29, 0.717) is 16.3 Å². The van der Waals surface area contributed by atoms with Crippen molar-refractivity contribution in [1.82, 2.24) is 4.98 Å². The topological polar surface area (TPSA) is 112 Å². The highest BCUT2D eigenvalue weighted by atomic mass is 32.2. The number of carbonyl (C=O) groups excluding carboxylic acids is 3. The molecule has 9 heteroatoms. The molecule has 146 valence electrons. The van der Waals surface area contributed by atoms with E-state index < -0.39 is 11.9 Å². The highest BCUT2D eigenvalue weighted by Crippen LogP contribution is 2.29. The SMILES string of the molecule is CCOC(=O)c1c(NC(=O)CSc2nc3ccccc3o2)oc(C)c1C(C)=O. The molecule has 3 rings (SSSR count).